The summed E-state index contributed by atoms with van der Waals surface area (Å²) in [6.07, 6.45) is 0.800. The maximum Gasteiger partial charge on any atom is 0.243 e. The Bertz CT molecular complexity index is 1250. The molecule has 1 N–H and O–H groups in total. The molecular weight excluding hydrogens is 573 g/mol. The van der Waals surface area contributed by atoms with Crippen LogP contribution in [0.5, 0.6) is 0 Å². The van der Waals surface area contributed by atoms with Gasteiger partial charge in [-0.1, -0.05) is 45.4 Å². The van der Waals surface area contributed by atoms with Crippen molar-refractivity contribution in [3.05, 3.63) is 29.8 Å². The summed E-state index contributed by atoms with van der Waals surface area (Å²) < 4.78 is 85.3. The molecule has 2 rings (SSSR count). The van der Waals surface area contributed by atoms with Crippen molar-refractivity contribution in [3.8, 4) is 0 Å². The third-order valence-electron chi connectivity index (χ3n) is 7.91. The molecule has 0 aromatic heterocycles. The first-order chi connectivity index (χ1) is 18.5. The van der Waals surface area contributed by atoms with Gasteiger partial charge in [0, 0.05) is 45.8 Å². The van der Waals surface area contributed by atoms with Gasteiger partial charge in [-0.2, -0.15) is 4.31 Å². The molecule has 1 aliphatic rings. The number of nitrogens with zero attached hydrogens (tertiary/aromatic N) is 3. The fraction of sp³-hybridized carbons (Fsp3) is 0.778. The van der Waals surface area contributed by atoms with E-state index >= 15 is 0 Å². The van der Waals surface area contributed by atoms with E-state index < -0.39 is 40.6 Å². The summed E-state index contributed by atoms with van der Waals surface area (Å²) >= 11 is 0. The van der Waals surface area contributed by atoms with Crippen molar-refractivity contribution in [3.63, 3.8) is 0 Å². The number of sulfonamides is 3. The largest absolute Gasteiger partial charge is 0.315 e. The summed E-state index contributed by atoms with van der Waals surface area (Å²) in [5.41, 5.74) is 0.959. The summed E-state index contributed by atoms with van der Waals surface area (Å²) in [7, 11) is -11.2. The number of nitrogens with one attached hydrogen (secondary N) is 1. The van der Waals surface area contributed by atoms with Gasteiger partial charge in [-0.05, 0) is 64.1 Å². The third kappa shape index (κ3) is 8.95. The molecule has 13 heteroatoms. The van der Waals surface area contributed by atoms with E-state index in [2.05, 4.69) is 5.32 Å². The Morgan fingerprint density at radius 3 is 1.52 bits per heavy atom. The van der Waals surface area contributed by atoms with Crippen LogP contribution in [0.2, 0.25) is 0 Å². The molecule has 2 atom stereocenters. The lowest BCUT2D eigenvalue weighted by Crippen LogP contribution is -2.48. The minimum Gasteiger partial charge on any atom is -0.315 e. The molecular formula is C27H50N4O6S3. The number of hydrogen-bond acceptors (Lipinski definition) is 7. The number of hydrogen-bond donors (Lipinski definition) is 1. The number of rotatable bonds is 8. The minimum atomic E-state index is -3.77. The van der Waals surface area contributed by atoms with Gasteiger partial charge < -0.3 is 5.32 Å². The Hall–Kier alpha value is -1.09. The maximum atomic E-state index is 13.6. The van der Waals surface area contributed by atoms with E-state index in [-0.39, 0.29) is 62.4 Å². The average molecular weight is 623 g/mol. The first kappa shape index (κ1) is 35.1. The second-order valence-electron chi connectivity index (χ2n) is 11.5. The zero-order valence-electron chi connectivity index (χ0n) is 25.2. The van der Waals surface area contributed by atoms with Crippen LogP contribution in [0.4, 0.5) is 0 Å². The van der Waals surface area contributed by atoms with E-state index in [1.54, 1.807) is 38.1 Å². The van der Waals surface area contributed by atoms with Gasteiger partial charge in [-0.3, -0.25) is 0 Å². The molecule has 1 aliphatic heterocycles. The van der Waals surface area contributed by atoms with E-state index in [1.165, 1.54) is 12.9 Å². The van der Waals surface area contributed by atoms with E-state index in [0.717, 1.165) is 5.56 Å². The number of aryl methyl sites for hydroxylation is 1. The highest BCUT2D eigenvalue weighted by molar-refractivity contribution is 7.90. The second-order valence-corrected chi connectivity index (χ2v) is 18.0. The molecule has 1 heterocycles. The Morgan fingerprint density at radius 2 is 1.05 bits per heavy atom. The smallest absolute Gasteiger partial charge is 0.243 e. The average Bonchev–Trinajstić information content (AvgIpc) is 2.88. The van der Waals surface area contributed by atoms with Crippen molar-refractivity contribution < 1.29 is 25.3 Å². The van der Waals surface area contributed by atoms with Crippen molar-refractivity contribution in [2.75, 3.05) is 52.4 Å². The standard InChI is InChI=1S/C27H50N4O6S3/c1-22(2)25(6)38(32,33)30-16-8-14-28-15-19-29(40(36,37)27-12-10-24(5)11-13-27)17-9-18-31(21-20-30)39(34,35)26(7)23(3)4/h10-13,22-23,25-26,28H,8-9,14-21H2,1-7H3/t25-,26-/m0/s1. The Labute approximate surface area is 243 Å². The van der Waals surface area contributed by atoms with Crippen LogP contribution in [-0.2, 0) is 30.1 Å². The predicted octanol–water partition coefficient (Wildman–Crippen LogP) is 2.72. The van der Waals surface area contributed by atoms with Crippen molar-refractivity contribution in [2.45, 2.75) is 76.7 Å². The zero-order chi connectivity index (χ0) is 30.3. The quantitative estimate of drug-likeness (QED) is 0.473. The minimum absolute atomic E-state index is 0.0155. The molecule has 0 aliphatic carbocycles. The summed E-state index contributed by atoms with van der Waals surface area (Å²) in [4.78, 5) is 0.206. The number of benzene rings is 1. The fourth-order valence-electron chi connectivity index (χ4n) is 4.46. The van der Waals surface area contributed by atoms with E-state index in [9.17, 15) is 25.3 Å². The van der Waals surface area contributed by atoms with Gasteiger partial charge in [-0.15, -0.1) is 0 Å². The molecule has 1 saturated heterocycles. The molecule has 0 radical (unpaired) electrons. The van der Waals surface area contributed by atoms with Crippen LogP contribution in [0.25, 0.3) is 0 Å². The van der Waals surface area contributed by atoms with Crippen LogP contribution >= 0.6 is 0 Å². The van der Waals surface area contributed by atoms with Crippen LogP contribution in [-0.4, -0.2) is 101 Å². The molecule has 1 fully saturated rings. The van der Waals surface area contributed by atoms with Crippen LogP contribution in [0, 0.1) is 18.8 Å². The fourth-order valence-corrected chi connectivity index (χ4v) is 9.69. The maximum absolute atomic E-state index is 13.6. The predicted molar refractivity (Wildman–Crippen MR) is 162 cm³/mol. The lowest BCUT2D eigenvalue weighted by atomic mass is 10.2. The summed E-state index contributed by atoms with van der Waals surface area (Å²) in [6, 6.07) is 6.71. The lowest BCUT2D eigenvalue weighted by Gasteiger charge is -2.32. The van der Waals surface area contributed by atoms with Gasteiger partial charge in [0.25, 0.3) is 0 Å². The van der Waals surface area contributed by atoms with Crippen molar-refractivity contribution in [1.29, 1.82) is 0 Å². The topological polar surface area (TPSA) is 124 Å². The van der Waals surface area contributed by atoms with Gasteiger partial charge in [0.05, 0.1) is 15.4 Å². The van der Waals surface area contributed by atoms with E-state index in [4.69, 9.17) is 0 Å². The van der Waals surface area contributed by atoms with E-state index in [0.29, 0.717) is 19.5 Å². The SMILES string of the molecule is Cc1ccc(S(=O)(=O)N2CCCN(S(=O)(=O)[C@@H](C)C(C)C)CCN(S(=O)(=O)[C@@H](C)C(C)C)CCCNCC2)cc1. The Balaban J connectivity index is 2.38. The Kier molecular flexibility index (Phi) is 13.1. The van der Waals surface area contributed by atoms with Gasteiger partial charge in [0.15, 0.2) is 0 Å². The van der Waals surface area contributed by atoms with Gasteiger partial charge >= 0.3 is 0 Å². The lowest BCUT2D eigenvalue weighted by molar-refractivity contribution is 0.310. The summed E-state index contributed by atoms with van der Waals surface area (Å²) in [5, 5.41) is 1.99. The van der Waals surface area contributed by atoms with Crippen molar-refractivity contribution in [2.24, 2.45) is 11.8 Å². The molecule has 0 unspecified atom stereocenters. The summed E-state index contributed by atoms with van der Waals surface area (Å²) in [6.45, 7) is 14.4. The van der Waals surface area contributed by atoms with Crippen LogP contribution in [0.3, 0.4) is 0 Å². The monoisotopic (exact) mass is 622 g/mol. The molecule has 232 valence electrons. The highest BCUT2D eigenvalue weighted by atomic mass is 32.2. The zero-order valence-corrected chi connectivity index (χ0v) is 27.7. The molecule has 0 amide bonds. The van der Waals surface area contributed by atoms with Gasteiger partial charge in [-0.25, -0.2) is 33.9 Å². The van der Waals surface area contributed by atoms with Gasteiger partial charge in [0.2, 0.25) is 30.1 Å². The molecule has 10 nitrogen and oxygen atoms in total. The third-order valence-corrected chi connectivity index (χ3v) is 15.0. The van der Waals surface area contributed by atoms with Crippen LogP contribution in [0.1, 0.15) is 59.9 Å². The van der Waals surface area contributed by atoms with E-state index in [1.807, 2.05) is 34.6 Å². The second kappa shape index (κ2) is 14.9. The molecule has 40 heavy (non-hydrogen) atoms. The van der Waals surface area contributed by atoms with Crippen LogP contribution in [0.15, 0.2) is 29.2 Å². The first-order valence-corrected chi connectivity index (χ1v) is 18.7. The highest BCUT2D eigenvalue weighted by Gasteiger charge is 2.35. The van der Waals surface area contributed by atoms with Crippen molar-refractivity contribution in [1.82, 2.24) is 18.2 Å². The van der Waals surface area contributed by atoms with Crippen LogP contribution < -0.4 is 5.32 Å². The van der Waals surface area contributed by atoms with Gasteiger partial charge in [0.1, 0.15) is 0 Å². The normalized spacial score (nSPS) is 20.8. The highest BCUT2D eigenvalue weighted by Crippen LogP contribution is 2.21. The Morgan fingerprint density at radius 1 is 0.600 bits per heavy atom. The first-order valence-electron chi connectivity index (χ1n) is 14.3. The molecule has 1 aromatic carbocycles. The van der Waals surface area contributed by atoms with Crippen molar-refractivity contribution >= 4 is 30.1 Å². The molecule has 0 bridgehead atoms. The molecule has 1 aromatic rings. The molecule has 0 spiro atoms. The summed E-state index contributed by atoms with van der Waals surface area (Å²) in [5.74, 6) is -0.220. The molecule has 0 saturated carbocycles.